The molecule has 0 bridgehead atoms. The van der Waals surface area contributed by atoms with E-state index in [0.29, 0.717) is 25.8 Å². The molecule has 0 unspecified atom stereocenters. The number of rotatable bonds is 6. The molecule has 166 valence electrons. The van der Waals surface area contributed by atoms with Crippen molar-refractivity contribution in [3.63, 3.8) is 0 Å². The van der Waals surface area contributed by atoms with Crippen LogP contribution in [0.1, 0.15) is 29.5 Å². The molecule has 2 amide bonds. The highest BCUT2D eigenvalue weighted by Crippen LogP contribution is 2.34. The van der Waals surface area contributed by atoms with Gasteiger partial charge in [0.25, 0.3) is 0 Å². The average Bonchev–Trinajstić information content (AvgIpc) is 3.30. The summed E-state index contributed by atoms with van der Waals surface area (Å²) in [6, 6.07) is 28.7. The zero-order valence-corrected chi connectivity index (χ0v) is 18.5. The molecule has 2 aliphatic rings. The quantitative estimate of drug-likeness (QED) is 0.546. The van der Waals surface area contributed by atoms with Crippen LogP contribution in [0.15, 0.2) is 96.0 Å². The van der Waals surface area contributed by atoms with E-state index in [9.17, 15) is 9.59 Å². The van der Waals surface area contributed by atoms with E-state index in [1.54, 1.807) is 9.80 Å². The summed E-state index contributed by atoms with van der Waals surface area (Å²) >= 11 is 0. The van der Waals surface area contributed by atoms with Crippen molar-refractivity contribution in [1.82, 2.24) is 9.80 Å². The second-order valence-corrected chi connectivity index (χ2v) is 8.67. The summed E-state index contributed by atoms with van der Waals surface area (Å²) in [4.78, 5) is 35.8. The maximum absolute atomic E-state index is 13.8. The van der Waals surface area contributed by atoms with Crippen molar-refractivity contribution in [3.8, 4) is 0 Å². The van der Waals surface area contributed by atoms with Crippen LogP contribution in [0.25, 0.3) is 0 Å². The van der Waals surface area contributed by atoms with Gasteiger partial charge in [-0.25, -0.2) is 0 Å². The predicted molar refractivity (Wildman–Crippen MR) is 129 cm³/mol. The van der Waals surface area contributed by atoms with Gasteiger partial charge in [0.1, 0.15) is 18.2 Å². The van der Waals surface area contributed by atoms with Crippen LogP contribution in [0.2, 0.25) is 0 Å². The summed E-state index contributed by atoms with van der Waals surface area (Å²) < 4.78 is 0. The molecule has 0 aromatic heterocycles. The highest BCUT2D eigenvalue weighted by molar-refractivity contribution is 5.98. The number of fused-ring (bicyclic) bond motifs is 1. The lowest BCUT2D eigenvalue weighted by Crippen LogP contribution is -2.64. The summed E-state index contributed by atoms with van der Waals surface area (Å²) in [6.45, 7) is 0.436. The molecule has 0 spiro atoms. The summed E-state index contributed by atoms with van der Waals surface area (Å²) in [5.41, 5.74) is 3.06. The zero-order valence-electron chi connectivity index (χ0n) is 18.5. The minimum atomic E-state index is -0.538. The molecule has 0 aliphatic carbocycles. The van der Waals surface area contributed by atoms with Gasteiger partial charge in [-0.05, 0) is 29.5 Å². The summed E-state index contributed by atoms with van der Waals surface area (Å²) in [7, 11) is 0. The predicted octanol–water partition coefficient (Wildman–Crippen LogP) is 4.08. The van der Waals surface area contributed by atoms with E-state index in [0.717, 1.165) is 16.7 Å². The van der Waals surface area contributed by atoms with Crippen molar-refractivity contribution < 1.29 is 9.59 Å². The molecule has 0 saturated carbocycles. The molecule has 5 nitrogen and oxygen atoms in total. The van der Waals surface area contributed by atoms with Gasteiger partial charge in [-0.1, -0.05) is 91.0 Å². The minimum absolute atomic E-state index is 0.00732. The number of hydrogen-bond donors (Lipinski definition) is 0. The molecule has 33 heavy (non-hydrogen) atoms. The Morgan fingerprint density at radius 3 is 2.03 bits per heavy atom. The van der Waals surface area contributed by atoms with Crippen LogP contribution in [0.4, 0.5) is 0 Å². The first-order valence-corrected chi connectivity index (χ1v) is 11.5. The molecule has 2 fully saturated rings. The molecule has 5 heteroatoms. The van der Waals surface area contributed by atoms with E-state index in [4.69, 9.17) is 4.99 Å². The van der Waals surface area contributed by atoms with Crippen LogP contribution in [0.5, 0.6) is 0 Å². The number of carbonyl (C=O) groups is 2. The van der Waals surface area contributed by atoms with Gasteiger partial charge in [0.15, 0.2) is 0 Å². The van der Waals surface area contributed by atoms with Gasteiger partial charge in [-0.2, -0.15) is 0 Å². The van der Waals surface area contributed by atoms with Crippen molar-refractivity contribution in [1.29, 1.82) is 0 Å². The first-order chi connectivity index (χ1) is 16.2. The second-order valence-electron chi connectivity index (χ2n) is 8.67. The molecule has 3 aromatic carbocycles. The fraction of sp³-hybridized carbons (Fsp3) is 0.250. The van der Waals surface area contributed by atoms with Gasteiger partial charge in [0.05, 0.1) is 0 Å². The number of amides is 2. The maximum Gasteiger partial charge on any atom is 0.248 e. The summed E-state index contributed by atoms with van der Waals surface area (Å²) in [6.07, 6.45) is 3.35. The Kier molecular flexibility index (Phi) is 6.03. The fourth-order valence-electron chi connectivity index (χ4n) is 4.85. The number of piperazine rings is 1. The molecule has 3 atom stereocenters. The standard InChI is InChI=1S/C28H27N3O2/c32-27-24-16-17-26(29-19-22-12-6-2-7-13-22)31(24)28(33)25(18-21-10-4-1-5-11-21)30(27)20-23-14-8-3-9-15-23/h1-15,19,24-26H,16-18,20H2/b29-19+/t24-,25+,26+/m1/s1. The van der Waals surface area contributed by atoms with Gasteiger partial charge in [-0.3, -0.25) is 14.6 Å². The smallest absolute Gasteiger partial charge is 0.248 e. The normalized spacial score (nSPS) is 22.7. The van der Waals surface area contributed by atoms with E-state index in [2.05, 4.69) is 0 Å². The van der Waals surface area contributed by atoms with E-state index in [1.807, 2.05) is 97.2 Å². The average molecular weight is 438 g/mol. The lowest BCUT2D eigenvalue weighted by atomic mass is 9.97. The van der Waals surface area contributed by atoms with E-state index in [-0.39, 0.29) is 18.0 Å². The highest BCUT2D eigenvalue weighted by atomic mass is 16.2. The van der Waals surface area contributed by atoms with Crippen LogP contribution < -0.4 is 0 Å². The van der Waals surface area contributed by atoms with Crippen molar-refractivity contribution in [3.05, 3.63) is 108 Å². The highest BCUT2D eigenvalue weighted by Gasteiger charge is 2.51. The van der Waals surface area contributed by atoms with Gasteiger partial charge >= 0.3 is 0 Å². The fourth-order valence-corrected chi connectivity index (χ4v) is 4.85. The van der Waals surface area contributed by atoms with E-state index in [1.165, 1.54) is 0 Å². The van der Waals surface area contributed by atoms with E-state index >= 15 is 0 Å². The number of hydrogen-bond acceptors (Lipinski definition) is 3. The maximum atomic E-state index is 13.8. The molecule has 2 heterocycles. The second kappa shape index (κ2) is 9.41. The van der Waals surface area contributed by atoms with Gasteiger partial charge < -0.3 is 9.80 Å². The molecule has 2 saturated heterocycles. The van der Waals surface area contributed by atoms with Crippen molar-refractivity contribution >= 4 is 18.0 Å². The van der Waals surface area contributed by atoms with Gasteiger partial charge in [-0.15, -0.1) is 0 Å². The molecule has 3 aromatic rings. The Morgan fingerprint density at radius 2 is 1.36 bits per heavy atom. The van der Waals surface area contributed by atoms with Crippen molar-refractivity contribution in [2.75, 3.05) is 0 Å². The zero-order chi connectivity index (χ0) is 22.6. The van der Waals surface area contributed by atoms with E-state index < -0.39 is 12.1 Å². The third-order valence-electron chi connectivity index (χ3n) is 6.50. The molecule has 0 radical (unpaired) electrons. The SMILES string of the molecule is O=C1[C@H]2CC[C@@H](/N=C/c3ccccc3)N2C(=O)[C@H](Cc2ccccc2)N1Cc1ccccc1. The first-order valence-electron chi connectivity index (χ1n) is 11.5. The topological polar surface area (TPSA) is 53.0 Å². The Hall–Kier alpha value is -3.73. The molecular formula is C28H27N3O2. The van der Waals surface area contributed by atoms with Crippen LogP contribution in [-0.2, 0) is 22.6 Å². The van der Waals surface area contributed by atoms with Gasteiger partial charge in [0.2, 0.25) is 11.8 Å². The molecule has 0 N–H and O–H groups in total. The first kappa shape index (κ1) is 21.1. The Bertz CT molecular complexity index is 1130. The largest absolute Gasteiger partial charge is 0.324 e. The summed E-state index contributed by atoms with van der Waals surface area (Å²) in [5.74, 6) is 0.0175. The summed E-state index contributed by atoms with van der Waals surface area (Å²) in [5, 5.41) is 0. The number of aliphatic imine (C=N–C) groups is 1. The van der Waals surface area contributed by atoms with Crippen molar-refractivity contribution in [2.45, 2.75) is 44.1 Å². The van der Waals surface area contributed by atoms with Crippen LogP contribution >= 0.6 is 0 Å². The third-order valence-corrected chi connectivity index (χ3v) is 6.50. The van der Waals surface area contributed by atoms with Crippen LogP contribution in [0.3, 0.4) is 0 Å². The lowest BCUT2D eigenvalue weighted by Gasteiger charge is -2.43. The number of benzene rings is 3. The third kappa shape index (κ3) is 4.44. The molecular weight excluding hydrogens is 410 g/mol. The minimum Gasteiger partial charge on any atom is -0.324 e. The van der Waals surface area contributed by atoms with Crippen LogP contribution in [-0.4, -0.2) is 46.1 Å². The Balaban J connectivity index is 1.44. The monoisotopic (exact) mass is 437 g/mol. The van der Waals surface area contributed by atoms with Crippen LogP contribution in [0, 0.1) is 0 Å². The van der Waals surface area contributed by atoms with Crippen molar-refractivity contribution in [2.24, 2.45) is 4.99 Å². The number of carbonyl (C=O) groups excluding carboxylic acids is 2. The number of nitrogens with zero attached hydrogens (tertiary/aromatic N) is 3. The lowest BCUT2D eigenvalue weighted by molar-refractivity contribution is -0.161. The van der Waals surface area contributed by atoms with Gasteiger partial charge in [0, 0.05) is 19.2 Å². The Labute approximate surface area is 194 Å². The Morgan fingerprint density at radius 1 is 0.758 bits per heavy atom. The molecule has 2 aliphatic heterocycles. The molecule has 5 rings (SSSR count).